The van der Waals surface area contributed by atoms with Gasteiger partial charge in [-0.05, 0) is 0 Å². The van der Waals surface area contributed by atoms with Crippen LogP contribution in [0.3, 0.4) is 0 Å². The van der Waals surface area contributed by atoms with Gasteiger partial charge in [-0.3, -0.25) is 0 Å². The smallest absolute Gasteiger partial charge is 0.187 e. The van der Waals surface area contributed by atoms with E-state index in [0.717, 1.165) is 0 Å². The molecule has 0 aromatic carbocycles. The lowest BCUT2D eigenvalue weighted by Crippen LogP contribution is -2.62. The molecule has 1 heterocycles. The maximum absolute atomic E-state index is 11.1. The summed E-state index contributed by atoms with van der Waals surface area (Å²) in [6.45, 7) is -4.21. The first kappa shape index (κ1) is 16.1. The summed E-state index contributed by atoms with van der Waals surface area (Å²) in [5.74, 6) is 0. The van der Waals surface area contributed by atoms with E-state index in [9.17, 15) is 24.0 Å². The Labute approximate surface area is 162 Å². The minimum absolute atomic E-state index is 0.436. The molecule has 1 unspecified atom stereocenters. The number of ether oxygens (including phenoxy) is 6. The highest BCUT2D eigenvalue weighted by atomic mass is 16.7. The van der Waals surface area contributed by atoms with Crippen LogP contribution in [0.1, 0.15) is 6.85 Å². The second kappa shape index (κ2) is 14.2. The monoisotopic (exact) mass is 395 g/mol. The topological polar surface area (TPSA) is 141 Å². The Morgan fingerprint density at radius 2 is 1.15 bits per heavy atom. The number of aldehydes is 5. The molecule has 1 fully saturated rings. The minimum atomic E-state index is -1.53. The molecule has 0 aromatic heterocycles. The molecule has 0 saturated carbocycles. The Bertz CT molecular complexity index is 691. The molecule has 27 heavy (non-hydrogen) atoms. The fourth-order valence-electron chi connectivity index (χ4n) is 2.44. The third kappa shape index (κ3) is 7.71. The molecule has 1 saturated heterocycles. The zero-order chi connectivity index (χ0) is 24.3. The largest absolute Gasteiger partial charge is 0.371 e. The van der Waals surface area contributed by atoms with Gasteiger partial charge in [0.15, 0.2) is 6.29 Å². The van der Waals surface area contributed by atoms with E-state index in [2.05, 4.69) is 0 Å². The molecule has 1 rings (SSSR count). The van der Waals surface area contributed by atoms with E-state index in [1.165, 1.54) is 0 Å². The SMILES string of the molecule is [2H]C(=O)COC[C@H]1OC(OCC([2H])=O)[C@@H](OCC([2H])=O)[C@@H](OCC([2H])=O)[C@@H]1OCC([2H])=O. The molecule has 0 radical (unpaired) electrons. The van der Waals surface area contributed by atoms with Crippen molar-refractivity contribution in [1.82, 2.24) is 0 Å². The van der Waals surface area contributed by atoms with E-state index < -0.39 is 102 Å². The van der Waals surface area contributed by atoms with Crippen LogP contribution < -0.4 is 0 Å². The van der Waals surface area contributed by atoms with E-state index in [-0.39, 0.29) is 0 Å². The van der Waals surface area contributed by atoms with Gasteiger partial charge >= 0.3 is 0 Å². The molecule has 0 bridgehead atoms. The first-order valence-corrected chi connectivity index (χ1v) is 7.68. The van der Waals surface area contributed by atoms with Gasteiger partial charge in [0.05, 0.1) is 6.61 Å². The highest BCUT2D eigenvalue weighted by Gasteiger charge is 2.48. The Hall–Kier alpha value is -1.89. The van der Waals surface area contributed by atoms with Gasteiger partial charge < -0.3 is 52.4 Å². The van der Waals surface area contributed by atoms with Crippen LogP contribution in [0.5, 0.6) is 0 Å². The van der Waals surface area contributed by atoms with Crippen molar-refractivity contribution in [3.63, 3.8) is 0 Å². The average Bonchev–Trinajstić information content (AvgIpc) is 2.67. The van der Waals surface area contributed by atoms with Crippen LogP contribution in [-0.4, -0.2) is 102 Å². The van der Waals surface area contributed by atoms with Crippen LogP contribution in [-0.2, 0) is 52.4 Å². The maximum atomic E-state index is 11.1. The van der Waals surface area contributed by atoms with E-state index in [1.54, 1.807) is 0 Å². The van der Waals surface area contributed by atoms with Crippen molar-refractivity contribution in [3.05, 3.63) is 0 Å². The van der Waals surface area contributed by atoms with Crippen molar-refractivity contribution in [2.24, 2.45) is 0 Å². The maximum Gasteiger partial charge on any atom is 0.187 e. The van der Waals surface area contributed by atoms with E-state index in [1.807, 2.05) is 0 Å². The predicted molar refractivity (Wildman–Crippen MR) is 85.0 cm³/mol. The van der Waals surface area contributed by atoms with Crippen molar-refractivity contribution in [1.29, 1.82) is 0 Å². The summed E-state index contributed by atoms with van der Waals surface area (Å²) < 4.78 is 66.6. The number of carbonyl (C=O) groups is 5. The van der Waals surface area contributed by atoms with Gasteiger partial charge in [-0.15, -0.1) is 0 Å². The average molecular weight is 395 g/mol. The molecular formula is C16H22O11. The van der Waals surface area contributed by atoms with E-state index in [0.29, 0.717) is 0 Å². The molecular weight excluding hydrogens is 368 g/mol. The Kier molecular flexibility index (Phi) is 8.47. The van der Waals surface area contributed by atoms with Crippen molar-refractivity contribution >= 4 is 31.3 Å². The second-order valence-electron chi connectivity index (χ2n) is 4.92. The first-order chi connectivity index (χ1) is 15.0. The Morgan fingerprint density at radius 3 is 1.70 bits per heavy atom. The summed E-state index contributed by atoms with van der Waals surface area (Å²) in [6.07, 6.45) is -12.6. The quantitative estimate of drug-likeness (QED) is 0.265. The summed E-state index contributed by atoms with van der Waals surface area (Å²) in [5, 5.41) is 0. The second-order valence-corrected chi connectivity index (χ2v) is 4.92. The fraction of sp³-hybridized carbons (Fsp3) is 0.688. The summed E-state index contributed by atoms with van der Waals surface area (Å²) in [7, 11) is 0. The van der Waals surface area contributed by atoms with Crippen molar-refractivity contribution in [2.75, 3.05) is 39.6 Å². The van der Waals surface area contributed by atoms with Crippen LogP contribution in [0.4, 0.5) is 0 Å². The van der Waals surface area contributed by atoms with E-state index in [4.69, 9.17) is 35.3 Å². The highest BCUT2D eigenvalue weighted by molar-refractivity contribution is 5.52. The van der Waals surface area contributed by atoms with Crippen molar-refractivity contribution in [3.8, 4) is 0 Å². The van der Waals surface area contributed by atoms with Gasteiger partial charge in [0.2, 0.25) is 0 Å². The zero-order valence-electron chi connectivity index (χ0n) is 19.1. The van der Waals surface area contributed by atoms with Crippen LogP contribution in [0.15, 0.2) is 0 Å². The number of carbonyl (C=O) groups excluding carboxylic acids is 5. The molecule has 0 amide bonds. The van der Waals surface area contributed by atoms with Gasteiger partial charge in [-0.25, -0.2) is 0 Å². The van der Waals surface area contributed by atoms with Crippen LogP contribution in [0.2, 0.25) is 0 Å². The molecule has 1 aliphatic heterocycles. The van der Waals surface area contributed by atoms with Crippen LogP contribution in [0, 0.1) is 0 Å². The lowest BCUT2D eigenvalue weighted by molar-refractivity contribution is -0.317. The predicted octanol–water partition coefficient (Wildman–Crippen LogP) is -2.11. The van der Waals surface area contributed by atoms with E-state index >= 15 is 0 Å². The van der Waals surface area contributed by atoms with Gasteiger partial charge in [0.25, 0.3) is 0 Å². The molecule has 0 aliphatic carbocycles. The van der Waals surface area contributed by atoms with Gasteiger partial charge in [0, 0.05) is 0 Å². The molecule has 0 spiro atoms. The van der Waals surface area contributed by atoms with Crippen molar-refractivity contribution in [2.45, 2.75) is 30.7 Å². The number of hydrogen-bond donors (Lipinski definition) is 0. The fourth-order valence-corrected chi connectivity index (χ4v) is 2.44. The molecule has 152 valence electrons. The molecule has 0 N–H and O–H groups in total. The molecule has 0 aromatic rings. The number of rotatable bonds is 16. The summed E-state index contributed by atoms with van der Waals surface area (Å²) in [4.78, 5) is 55.2. The van der Waals surface area contributed by atoms with Gasteiger partial charge in [-0.2, -0.15) is 0 Å². The Balaban J connectivity index is 3.23. The highest BCUT2D eigenvalue weighted by Crippen LogP contribution is 2.29. The lowest BCUT2D eigenvalue weighted by atomic mass is 9.98. The lowest BCUT2D eigenvalue weighted by Gasteiger charge is -2.45. The number of hydrogen-bond acceptors (Lipinski definition) is 11. The molecule has 1 aliphatic rings. The van der Waals surface area contributed by atoms with Crippen LogP contribution >= 0.6 is 0 Å². The summed E-state index contributed by atoms with van der Waals surface area (Å²) in [6, 6.07) is 0. The first-order valence-electron chi connectivity index (χ1n) is 10.2. The standard InChI is InChI=1S/C16H22O11/c17-1-6-22-11-12-13(23-7-2-18)14(24-8-3-19)15(25-9-4-20)16(27-12)26-10-5-21/h1-5,12-16H,6-11H2/t12-,13-,14+,15+,16?/m1/s1/i1D,2D,3D,4D,5D. The minimum Gasteiger partial charge on any atom is -0.371 e. The van der Waals surface area contributed by atoms with Crippen LogP contribution in [0.25, 0.3) is 0 Å². The molecule has 11 heteroatoms. The molecule has 5 atom stereocenters. The third-order valence-corrected chi connectivity index (χ3v) is 3.34. The third-order valence-electron chi connectivity index (χ3n) is 3.34. The van der Waals surface area contributed by atoms with Gasteiger partial charge in [0.1, 0.15) is 95.6 Å². The van der Waals surface area contributed by atoms with Gasteiger partial charge in [-0.1, -0.05) is 0 Å². The van der Waals surface area contributed by atoms with Crippen molar-refractivity contribution < 1.29 is 59.2 Å². The molecule has 11 nitrogen and oxygen atoms in total. The normalized spacial score (nSPS) is 30.2. The summed E-state index contributed by atoms with van der Waals surface area (Å²) in [5.41, 5.74) is 0. The summed E-state index contributed by atoms with van der Waals surface area (Å²) >= 11 is 0. The Morgan fingerprint density at radius 1 is 0.667 bits per heavy atom. The zero-order valence-corrected chi connectivity index (χ0v) is 14.1.